The molecule has 2 nitrogen and oxygen atoms in total. The van der Waals surface area contributed by atoms with Gasteiger partial charge in [-0.3, -0.25) is 0 Å². The summed E-state index contributed by atoms with van der Waals surface area (Å²) in [6.07, 6.45) is 3.15. The van der Waals surface area contributed by atoms with Crippen LogP contribution in [0.15, 0.2) is 28.9 Å². The third-order valence-corrected chi connectivity index (χ3v) is 3.24. The molecular weight excluding hydrogens is 252 g/mol. The number of aromatic amines is 1. The molecule has 1 aromatic carbocycles. The summed E-state index contributed by atoms with van der Waals surface area (Å²) in [5.74, 6) is 0. The maximum Gasteiger partial charge on any atom is 0.0457 e. The van der Waals surface area contributed by atoms with Gasteiger partial charge in [0.25, 0.3) is 0 Å². The van der Waals surface area contributed by atoms with Crippen LogP contribution in [0.2, 0.25) is 0 Å². The molecule has 1 aromatic heterocycles. The van der Waals surface area contributed by atoms with Gasteiger partial charge in [-0.25, -0.2) is 0 Å². The van der Waals surface area contributed by atoms with E-state index in [-0.39, 0.29) is 0 Å². The van der Waals surface area contributed by atoms with Gasteiger partial charge in [-0.2, -0.15) is 0 Å². The van der Waals surface area contributed by atoms with Crippen molar-refractivity contribution in [2.24, 2.45) is 0 Å². The summed E-state index contributed by atoms with van der Waals surface area (Å²) in [5, 5.41) is 4.57. The van der Waals surface area contributed by atoms with Crippen LogP contribution in [0.1, 0.15) is 12.5 Å². The van der Waals surface area contributed by atoms with Gasteiger partial charge in [0.05, 0.1) is 0 Å². The van der Waals surface area contributed by atoms with E-state index in [1.165, 1.54) is 16.5 Å². The summed E-state index contributed by atoms with van der Waals surface area (Å²) in [6.45, 7) is 2.19. The van der Waals surface area contributed by atoms with Crippen LogP contribution in [0.4, 0.5) is 0 Å². The summed E-state index contributed by atoms with van der Waals surface area (Å²) in [5.41, 5.74) is 2.57. The van der Waals surface area contributed by atoms with Crippen molar-refractivity contribution >= 4 is 26.8 Å². The second-order valence-electron chi connectivity index (χ2n) is 3.90. The molecule has 0 spiro atoms. The molecule has 2 aromatic rings. The molecule has 0 aliphatic heterocycles. The number of likely N-dealkylation sites (N-methyl/N-ethyl adjacent to an activating group) is 1. The van der Waals surface area contributed by atoms with Crippen molar-refractivity contribution < 1.29 is 0 Å². The van der Waals surface area contributed by atoms with Crippen LogP contribution >= 0.6 is 15.9 Å². The van der Waals surface area contributed by atoms with Crippen molar-refractivity contribution in [3.63, 3.8) is 0 Å². The number of fused-ring (bicyclic) bond motifs is 1. The van der Waals surface area contributed by atoms with Crippen molar-refractivity contribution in [3.05, 3.63) is 34.4 Å². The number of hydrogen-bond acceptors (Lipinski definition) is 1. The Bertz CT molecular complexity index is 462. The first kappa shape index (κ1) is 10.7. The van der Waals surface area contributed by atoms with E-state index in [4.69, 9.17) is 0 Å². The minimum absolute atomic E-state index is 0.503. The highest BCUT2D eigenvalue weighted by Crippen LogP contribution is 2.23. The minimum Gasteiger partial charge on any atom is -0.361 e. The van der Waals surface area contributed by atoms with Gasteiger partial charge in [0.1, 0.15) is 0 Å². The van der Waals surface area contributed by atoms with E-state index < -0.39 is 0 Å². The number of hydrogen-bond donors (Lipinski definition) is 2. The van der Waals surface area contributed by atoms with Gasteiger partial charge in [-0.1, -0.05) is 15.9 Å². The van der Waals surface area contributed by atoms with E-state index in [1.54, 1.807) is 0 Å². The second-order valence-corrected chi connectivity index (χ2v) is 4.81. The quantitative estimate of drug-likeness (QED) is 0.878. The SMILES string of the molecule is CNC(C)Cc1c[nH]c2ccc(Br)cc12. The fourth-order valence-corrected chi connectivity index (χ4v) is 2.11. The number of rotatable bonds is 3. The first-order valence-corrected chi connectivity index (χ1v) is 5.93. The van der Waals surface area contributed by atoms with E-state index in [9.17, 15) is 0 Å². The average molecular weight is 267 g/mol. The maximum absolute atomic E-state index is 3.51. The predicted molar refractivity (Wildman–Crippen MR) is 68.2 cm³/mol. The third-order valence-electron chi connectivity index (χ3n) is 2.75. The van der Waals surface area contributed by atoms with Crippen molar-refractivity contribution in [1.29, 1.82) is 0 Å². The molecule has 0 radical (unpaired) electrons. The smallest absolute Gasteiger partial charge is 0.0457 e. The molecule has 80 valence electrons. The summed E-state index contributed by atoms with van der Waals surface area (Å²) >= 11 is 3.51. The molecule has 2 N–H and O–H groups in total. The molecule has 3 heteroatoms. The Morgan fingerprint density at radius 3 is 3.00 bits per heavy atom. The number of aromatic nitrogens is 1. The Kier molecular flexibility index (Phi) is 3.12. The summed E-state index contributed by atoms with van der Waals surface area (Å²) in [4.78, 5) is 3.30. The summed E-state index contributed by atoms with van der Waals surface area (Å²) in [6, 6.07) is 6.84. The highest BCUT2D eigenvalue weighted by Gasteiger charge is 2.07. The van der Waals surface area contributed by atoms with E-state index >= 15 is 0 Å². The monoisotopic (exact) mass is 266 g/mol. The van der Waals surface area contributed by atoms with E-state index in [1.807, 2.05) is 7.05 Å². The van der Waals surface area contributed by atoms with Crippen LogP contribution in [0, 0.1) is 0 Å². The van der Waals surface area contributed by atoms with Crippen molar-refractivity contribution in [2.45, 2.75) is 19.4 Å². The highest BCUT2D eigenvalue weighted by molar-refractivity contribution is 9.10. The maximum atomic E-state index is 3.51. The van der Waals surface area contributed by atoms with Gasteiger partial charge >= 0.3 is 0 Å². The standard InChI is InChI=1S/C12H15BrN2/c1-8(14-2)5-9-7-15-12-4-3-10(13)6-11(9)12/h3-4,6-8,14-15H,5H2,1-2H3. The van der Waals surface area contributed by atoms with Crippen molar-refractivity contribution in [1.82, 2.24) is 10.3 Å². The van der Waals surface area contributed by atoms with Crippen LogP contribution in [0.5, 0.6) is 0 Å². The molecule has 2 rings (SSSR count). The Labute approximate surface area is 98.2 Å². The molecule has 1 heterocycles. The first-order valence-electron chi connectivity index (χ1n) is 5.13. The fourth-order valence-electron chi connectivity index (χ4n) is 1.75. The summed E-state index contributed by atoms with van der Waals surface area (Å²) < 4.78 is 1.13. The number of H-pyrrole nitrogens is 1. The zero-order valence-electron chi connectivity index (χ0n) is 8.97. The van der Waals surface area contributed by atoms with Gasteiger partial charge in [0, 0.05) is 27.6 Å². The first-order chi connectivity index (χ1) is 7.20. The number of halogens is 1. The Morgan fingerprint density at radius 2 is 2.27 bits per heavy atom. The van der Waals surface area contributed by atoms with Gasteiger partial charge in [-0.05, 0) is 44.2 Å². The Balaban J connectivity index is 2.39. The van der Waals surface area contributed by atoms with Crippen LogP contribution in [-0.4, -0.2) is 18.1 Å². The van der Waals surface area contributed by atoms with Crippen LogP contribution in [0.3, 0.4) is 0 Å². The molecule has 0 saturated heterocycles. The predicted octanol–water partition coefficient (Wildman–Crippen LogP) is 3.08. The molecule has 0 aliphatic rings. The van der Waals surface area contributed by atoms with Gasteiger partial charge in [0.2, 0.25) is 0 Å². The molecule has 15 heavy (non-hydrogen) atoms. The lowest BCUT2D eigenvalue weighted by Gasteiger charge is -2.08. The highest BCUT2D eigenvalue weighted by atomic mass is 79.9. The lowest BCUT2D eigenvalue weighted by atomic mass is 10.1. The zero-order chi connectivity index (χ0) is 10.8. The normalized spacial score (nSPS) is 13.3. The lowest BCUT2D eigenvalue weighted by molar-refractivity contribution is 0.610. The van der Waals surface area contributed by atoms with Gasteiger partial charge in [-0.15, -0.1) is 0 Å². The largest absolute Gasteiger partial charge is 0.361 e. The molecule has 1 atom stereocenters. The fraction of sp³-hybridized carbons (Fsp3) is 0.333. The molecule has 0 bridgehead atoms. The van der Waals surface area contributed by atoms with E-state index in [0.717, 1.165) is 10.9 Å². The van der Waals surface area contributed by atoms with Crippen LogP contribution in [-0.2, 0) is 6.42 Å². The Morgan fingerprint density at radius 1 is 1.47 bits per heavy atom. The van der Waals surface area contributed by atoms with Crippen LogP contribution < -0.4 is 5.32 Å². The topological polar surface area (TPSA) is 27.8 Å². The van der Waals surface area contributed by atoms with Crippen molar-refractivity contribution in [3.8, 4) is 0 Å². The van der Waals surface area contributed by atoms with Gasteiger partial charge < -0.3 is 10.3 Å². The van der Waals surface area contributed by atoms with E-state index in [2.05, 4.69) is 57.6 Å². The molecule has 0 fully saturated rings. The minimum atomic E-state index is 0.503. The average Bonchev–Trinajstić information content (AvgIpc) is 2.61. The number of benzene rings is 1. The lowest BCUT2D eigenvalue weighted by Crippen LogP contribution is -2.23. The van der Waals surface area contributed by atoms with Crippen molar-refractivity contribution in [2.75, 3.05) is 7.05 Å². The molecular formula is C12H15BrN2. The molecule has 0 aliphatic carbocycles. The molecule has 1 unspecified atom stereocenters. The van der Waals surface area contributed by atoms with E-state index in [0.29, 0.717) is 6.04 Å². The third kappa shape index (κ3) is 2.24. The molecule has 0 saturated carbocycles. The molecule has 0 amide bonds. The van der Waals surface area contributed by atoms with Gasteiger partial charge in [0.15, 0.2) is 0 Å². The summed E-state index contributed by atoms with van der Waals surface area (Å²) in [7, 11) is 2.00. The number of nitrogens with one attached hydrogen (secondary N) is 2. The second kappa shape index (κ2) is 4.37. The van der Waals surface area contributed by atoms with Crippen LogP contribution in [0.25, 0.3) is 10.9 Å². The Hall–Kier alpha value is -0.800. The zero-order valence-corrected chi connectivity index (χ0v) is 10.6.